The molecule has 278 valence electrons. The first-order valence-electron chi connectivity index (χ1n) is 18.9. The molecular weight excluding hydrogens is 712 g/mol. The molecule has 0 aliphatic carbocycles. The van der Waals surface area contributed by atoms with Gasteiger partial charge in [0.1, 0.15) is 5.82 Å². The molecule has 0 radical (unpaired) electrons. The Labute approximate surface area is 328 Å². The van der Waals surface area contributed by atoms with Crippen LogP contribution in [0.2, 0.25) is 0 Å². The summed E-state index contributed by atoms with van der Waals surface area (Å²) in [4.78, 5) is 0. The monoisotopic (exact) mass is 749 g/mol. The third-order valence-electron chi connectivity index (χ3n) is 10.9. The Morgan fingerprint density at radius 3 is 1.72 bits per heavy atom. The molecule has 8 aromatic carbocycles. The van der Waals surface area contributed by atoms with Crippen molar-refractivity contribution in [1.82, 2.24) is 4.57 Å². The highest BCUT2D eigenvalue weighted by Gasteiger charge is 2.32. The highest BCUT2D eigenvalue weighted by Crippen LogP contribution is 2.45. The number of nitrogens with two attached hydrogens (primary N) is 2. The maximum absolute atomic E-state index is 14.8. The predicted octanol–water partition coefficient (Wildman–Crippen LogP) is 13.7. The summed E-state index contributed by atoms with van der Waals surface area (Å²) < 4.78 is 46.1. The fourth-order valence-corrected chi connectivity index (χ4v) is 8.26. The van der Waals surface area contributed by atoms with Crippen LogP contribution in [0.25, 0.3) is 88.1 Å². The lowest BCUT2D eigenvalue weighted by Gasteiger charge is -2.19. The van der Waals surface area contributed by atoms with Gasteiger partial charge in [-0.3, -0.25) is 4.57 Å². The molecule has 0 atom stereocenters. The minimum absolute atomic E-state index is 0.0279. The van der Waals surface area contributed by atoms with Gasteiger partial charge in [-0.15, -0.1) is 0 Å². The lowest BCUT2D eigenvalue weighted by molar-refractivity contribution is -0.0883. The molecule has 1 aromatic heterocycles. The SMILES string of the molecule is C/C=C\c1c(N)c2ccccc2n1/C(N)=C/C(=C\Cc1ccc2c(-c3ccc4ccccc4c3)c3ccccc3c(-c3ccc4ccccc4c3)c2c1)C(F)(F)F. The summed E-state index contributed by atoms with van der Waals surface area (Å²) in [6.45, 7) is 1.82. The quantitative estimate of drug-likeness (QED) is 0.126. The lowest BCUT2D eigenvalue weighted by Crippen LogP contribution is -2.15. The summed E-state index contributed by atoms with van der Waals surface area (Å²) in [5.41, 5.74) is 18.7. The number of halogens is 3. The van der Waals surface area contributed by atoms with Gasteiger partial charge in [0, 0.05) is 5.39 Å². The zero-order chi connectivity index (χ0) is 39.3. The highest BCUT2D eigenvalue weighted by atomic mass is 19.4. The number of allylic oxidation sites excluding steroid dienone is 4. The summed E-state index contributed by atoms with van der Waals surface area (Å²) in [5.74, 6) is -0.0804. The Morgan fingerprint density at radius 1 is 0.596 bits per heavy atom. The van der Waals surface area contributed by atoms with Crippen LogP contribution in [0.15, 0.2) is 175 Å². The number of benzene rings is 8. The van der Waals surface area contributed by atoms with Crippen LogP contribution in [-0.4, -0.2) is 10.7 Å². The molecule has 1 heterocycles. The molecular formula is C51H38F3N3. The topological polar surface area (TPSA) is 57.0 Å². The first-order chi connectivity index (χ1) is 27.7. The second-order valence-corrected chi connectivity index (χ2v) is 14.4. The molecule has 0 fully saturated rings. The number of aromatic nitrogens is 1. The van der Waals surface area contributed by atoms with Crippen LogP contribution in [-0.2, 0) is 6.42 Å². The number of para-hydroxylation sites is 1. The van der Waals surface area contributed by atoms with Crippen LogP contribution in [0.4, 0.5) is 18.9 Å². The second kappa shape index (κ2) is 14.2. The number of nitrogens with zero attached hydrogens (tertiary/aromatic N) is 1. The molecule has 6 heteroatoms. The van der Waals surface area contributed by atoms with Gasteiger partial charge in [-0.25, -0.2) is 0 Å². The number of rotatable bonds is 7. The van der Waals surface area contributed by atoms with Crippen molar-refractivity contribution < 1.29 is 13.2 Å². The molecule has 0 aliphatic heterocycles. The molecule has 0 aliphatic rings. The van der Waals surface area contributed by atoms with Gasteiger partial charge in [-0.05, 0) is 115 Å². The van der Waals surface area contributed by atoms with E-state index < -0.39 is 11.7 Å². The molecule has 0 spiro atoms. The Morgan fingerprint density at radius 2 is 1.12 bits per heavy atom. The number of hydrogen-bond donors (Lipinski definition) is 2. The van der Waals surface area contributed by atoms with Crippen LogP contribution in [0, 0.1) is 0 Å². The summed E-state index contributed by atoms with van der Waals surface area (Å²) >= 11 is 0. The number of nitrogen functional groups attached to an aromatic ring is 1. The molecule has 0 saturated carbocycles. The van der Waals surface area contributed by atoms with Crippen molar-refractivity contribution in [2.75, 3.05) is 5.73 Å². The van der Waals surface area contributed by atoms with Gasteiger partial charge in [-0.1, -0.05) is 146 Å². The van der Waals surface area contributed by atoms with E-state index in [1.807, 2.05) is 61.5 Å². The lowest BCUT2D eigenvalue weighted by atomic mass is 9.84. The fourth-order valence-electron chi connectivity index (χ4n) is 8.26. The van der Waals surface area contributed by atoms with E-state index in [4.69, 9.17) is 11.5 Å². The molecule has 9 aromatic rings. The van der Waals surface area contributed by atoms with Crippen molar-refractivity contribution in [2.24, 2.45) is 5.73 Å². The first kappa shape index (κ1) is 35.6. The van der Waals surface area contributed by atoms with Gasteiger partial charge < -0.3 is 11.5 Å². The molecule has 0 saturated heterocycles. The van der Waals surface area contributed by atoms with Crippen LogP contribution in [0.3, 0.4) is 0 Å². The van der Waals surface area contributed by atoms with Crippen molar-refractivity contribution in [3.8, 4) is 22.3 Å². The van der Waals surface area contributed by atoms with E-state index in [0.717, 1.165) is 77.0 Å². The molecule has 57 heavy (non-hydrogen) atoms. The molecule has 3 nitrogen and oxygen atoms in total. The molecule has 0 bridgehead atoms. The second-order valence-electron chi connectivity index (χ2n) is 14.4. The number of hydrogen-bond acceptors (Lipinski definition) is 2. The number of anilines is 1. The zero-order valence-corrected chi connectivity index (χ0v) is 31.2. The van der Waals surface area contributed by atoms with Crippen LogP contribution in [0.5, 0.6) is 0 Å². The summed E-state index contributed by atoms with van der Waals surface area (Å²) in [6.07, 6.45) is 1.14. The van der Waals surface area contributed by atoms with Crippen molar-refractivity contribution in [2.45, 2.75) is 19.5 Å². The highest BCUT2D eigenvalue weighted by molar-refractivity contribution is 6.22. The van der Waals surface area contributed by atoms with Crippen LogP contribution < -0.4 is 11.5 Å². The molecule has 0 amide bonds. The number of fused-ring (bicyclic) bond motifs is 5. The van der Waals surface area contributed by atoms with Gasteiger partial charge >= 0.3 is 6.18 Å². The van der Waals surface area contributed by atoms with Gasteiger partial charge in [0.25, 0.3) is 0 Å². The van der Waals surface area contributed by atoms with E-state index in [-0.39, 0.29) is 12.2 Å². The van der Waals surface area contributed by atoms with E-state index in [2.05, 4.69) is 91.0 Å². The first-order valence-corrected chi connectivity index (χ1v) is 18.9. The largest absolute Gasteiger partial charge is 0.416 e. The van der Waals surface area contributed by atoms with Gasteiger partial charge in [0.05, 0.1) is 22.5 Å². The minimum Gasteiger partial charge on any atom is -0.396 e. The van der Waals surface area contributed by atoms with E-state index in [0.29, 0.717) is 22.3 Å². The van der Waals surface area contributed by atoms with Crippen molar-refractivity contribution in [3.63, 3.8) is 0 Å². The third kappa shape index (κ3) is 6.39. The number of alkyl halides is 3. The Kier molecular flexibility index (Phi) is 8.89. The van der Waals surface area contributed by atoms with Crippen molar-refractivity contribution in [3.05, 3.63) is 187 Å². The van der Waals surface area contributed by atoms with E-state index in [1.165, 1.54) is 6.08 Å². The smallest absolute Gasteiger partial charge is 0.396 e. The standard InChI is InChI=1S/C51H38F3N3/c1-2-11-46-50(56)43-18-9-10-19-45(43)57(46)47(55)31-39(51(52,53)54)26-20-32-21-27-42-44(28-32)49(38-25-23-34-13-4-6-15-36(34)30-38)41-17-8-7-16-40(41)48(42)37-24-22-33-12-3-5-14-35(33)29-37/h2-19,21-31H,20,55-56H2,1H3/b11-2-,39-26+,47-31+. The van der Waals surface area contributed by atoms with Gasteiger partial charge in [0.15, 0.2) is 0 Å². The summed E-state index contributed by atoms with van der Waals surface area (Å²) in [5, 5.41) is 9.40. The van der Waals surface area contributed by atoms with E-state index in [9.17, 15) is 13.2 Å². The third-order valence-corrected chi connectivity index (χ3v) is 10.9. The minimum atomic E-state index is -4.66. The van der Waals surface area contributed by atoms with Crippen LogP contribution in [0.1, 0.15) is 18.2 Å². The van der Waals surface area contributed by atoms with Gasteiger partial charge in [-0.2, -0.15) is 13.2 Å². The Hall–Kier alpha value is -7.05. The average Bonchev–Trinajstić information content (AvgIpc) is 3.51. The Bertz CT molecular complexity index is 3130. The van der Waals surface area contributed by atoms with Crippen LogP contribution >= 0.6 is 0 Å². The van der Waals surface area contributed by atoms with E-state index >= 15 is 0 Å². The predicted molar refractivity (Wildman–Crippen MR) is 235 cm³/mol. The van der Waals surface area contributed by atoms with E-state index in [1.54, 1.807) is 22.8 Å². The normalized spacial score (nSPS) is 12.9. The Balaban J connectivity index is 1.24. The van der Waals surface area contributed by atoms with Gasteiger partial charge in [0.2, 0.25) is 0 Å². The van der Waals surface area contributed by atoms with Crippen molar-refractivity contribution in [1.29, 1.82) is 0 Å². The summed E-state index contributed by atoms with van der Waals surface area (Å²) in [7, 11) is 0. The average molecular weight is 750 g/mol. The molecule has 4 N–H and O–H groups in total. The maximum atomic E-state index is 14.8. The molecule has 0 unspecified atom stereocenters. The van der Waals surface area contributed by atoms with Crippen molar-refractivity contribution >= 4 is 71.6 Å². The summed E-state index contributed by atoms with van der Waals surface area (Å²) in [6, 6.07) is 51.3. The maximum Gasteiger partial charge on any atom is 0.416 e. The molecule has 9 rings (SSSR count). The fraction of sp³-hybridized carbons (Fsp3) is 0.0588. The zero-order valence-electron chi connectivity index (χ0n) is 31.2.